The molecule has 4 N–H and O–H groups in total. The van der Waals surface area contributed by atoms with E-state index in [1.54, 1.807) is 30.0 Å². The first-order valence-corrected chi connectivity index (χ1v) is 11.5. The summed E-state index contributed by atoms with van der Waals surface area (Å²) in [4.78, 5) is 34.8. The standard InChI is InChI=1S/C27H23N5O5/c33-25(31-36)2-1-13-37-20-9-7-18(8-10-20)17-3-5-19(6-4-17)23-14-24(32-26(34)16-29-27(32)35)21-15-28-12-11-22(21)30-23/h3-12,14-16,34,36H,1-2,13H2,(H,29,35)(H,31,33). The molecule has 0 aliphatic heterocycles. The number of amides is 1. The summed E-state index contributed by atoms with van der Waals surface area (Å²) in [7, 11) is 0. The molecule has 0 aliphatic rings. The fourth-order valence-corrected chi connectivity index (χ4v) is 4.03. The molecule has 3 aromatic heterocycles. The minimum atomic E-state index is -0.460. The van der Waals surface area contributed by atoms with Gasteiger partial charge in [-0.2, -0.15) is 0 Å². The van der Waals surface area contributed by atoms with E-state index >= 15 is 0 Å². The minimum absolute atomic E-state index is 0.189. The SMILES string of the molecule is O=C(CCCOc1ccc(-c2ccc(-c3cc(-n4c(O)c[nH]c4=O)c4cnccc4n3)cc2)cc1)NO. The highest BCUT2D eigenvalue weighted by atomic mass is 16.5. The van der Waals surface area contributed by atoms with Crippen molar-refractivity contribution in [1.82, 2.24) is 25.0 Å². The molecule has 0 spiro atoms. The number of hydrogen-bond donors (Lipinski definition) is 4. The number of aromatic nitrogens is 4. The molecule has 186 valence electrons. The van der Waals surface area contributed by atoms with E-state index in [0.29, 0.717) is 41.1 Å². The Kier molecular flexibility index (Phi) is 6.64. The lowest BCUT2D eigenvalue weighted by molar-refractivity contribution is -0.129. The molecule has 0 aliphatic carbocycles. The minimum Gasteiger partial charge on any atom is -0.494 e. The van der Waals surface area contributed by atoms with Crippen LogP contribution in [0.2, 0.25) is 0 Å². The second-order valence-electron chi connectivity index (χ2n) is 8.30. The van der Waals surface area contributed by atoms with Crippen LogP contribution in [0, 0.1) is 0 Å². The first-order chi connectivity index (χ1) is 18.0. The molecule has 0 bridgehead atoms. The molecule has 2 aromatic carbocycles. The third-order valence-corrected chi connectivity index (χ3v) is 5.90. The van der Waals surface area contributed by atoms with Crippen LogP contribution in [0.4, 0.5) is 0 Å². The molecule has 1 amide bonds. The molecule has 0 saturated heterocycles. The number of benzene rings is 2. The van der Waals surface area contributed by atoms with Crippen molar-refractivity contribution in [2.24, 2.45) is 0 Å². The highest BCUT2D eigenvalue weighted by Gasteiger charge is 2.14. The maximum atomic E-state index is 12.3. The molecule has 3 heterocycles. The van der Waals surface area contributed by atoms with E-state index in [4.69, 9.17) is 14.9 Å². The Morgan fingerprint density at radius 1 is 1.03 bits per heavy atom. The zero-order valence-corrected chi connectivity index (χ0v) is 19.6. The van der Waals surface area contributed by atoms with E-state index in [1.807, 2.05) is 48.5 Å². The van der Waals surface area contributed by atoms with Crippen molar-refractivity contribution in [1.29, 1.82) is 0 Å². The van der Waals surface area contributed by atoms with Gasteiger partial charge in [0, 0.05) is 29.8 Å². The summed E-state index contributed by atoms with van der Waals surface area (Å²) in [6, 6.07) is 19.0. The molecule has 5 aromatic rings. The Balaban J connectivity index is 1.38. The zero-order valence-electron chi connectivity index (χ0n) is 19.6. The van der Waals surface area contributed by atoms with Crippen molar-refractivity contribution in [3.05, 3.63) is 89.7 Å². The van der Waals surface area contributed by atoms with Crippen molar-refractivity contribution in [3.63, 3.8) is 0 Å². The first-order valence-electron chi connectivity index (χ1n) is 11.5. The number of carbonyl (C=O) groups is 1. The van der Waals surface area contributed by atoms with Crippen LogP contribution in [-0.2, 0) is 4.79 Å². The Labute approximate surface area is 210 Å². The molecule has 0 saturated carbocycles. The number of carbonyl (C=O) groups excluding carboxylic acids is 1. The number of hydroxylamine groups is 1. The van der Waals surface area contributed by atoms with Crippen LogP contribution in [0.5, 0.6) is 11.6 Å². The summed E-state index contributed by atoms with van der Waals surface area (Å²) in [5.41, 5.74) is 5.76. The molecule has 10 heteroatoms. The van der Waals surface area contributed by atoms with Crippen LogP contribution < -0.4 is 15.9 Å². The van der Waals surface area contributed by atoms with Gasteiger partial charge in [-0.05, 0) is 41.8 Å². The predicted octanol–water partition coefficient (Wildman–Crippen LogP) is 3.81. The average Bonchev–Trinajstić information content (AvgIpc) is 3.28. The lowest BCUT2D eigenvalue weighted by Crippen LogP contribution is -2.18. The lowest BCUT2D eigenvalue weighted by Gasteiger charge is -2.11. The number of ether oxygens (including phenoxy) is 1. The number of rotatable bonds is 8. The Bertz CT molecular complexity index is 1610. The van der Waals surface area contributed by atoms with Crippen LogP contribution in [0.3, 0.4) is 0 Å². The Morgan fingerprint density at radius 2 is 1.73 bits per heavy atom. The van der Waals surface area contributed by atoms with Crippen LogP contribution in [-0.4, -0.2) is 42.3 Å². The van der Waals surface area contributed by atoms with Gasteiger partial charge in [0.15, 0.2) is 0 Å². The third kappa shape index (κ3) is 5.04. The number of fused-ring (bicyclic) bond motifs is 1. The van der Waals surface area contributed by atoms with Gasteiger partial charge in [-0.15, -0.1) is 0 Å². The molecule has 0 fully saturated rings. The van der Waals surface area contributed by atoms with E-state index in [-0.39, 0.29) is 12.3 Å². The molecule has 0 unspecified atom stereocenters. The van der Waals surface area contributed by atoms with E-state index in [1.165, 1.54) is 10.8 Å². The fourth-order valence-electron chi connectivity index (χ4n) is 4.03. The van der Waals surface area contributed by atoms with E-state index < -0.39 is 11.6 Å². The number of aromatic hydroxyl groups is 1. The number of imidazole rings is 1. The van der Waals surface area contributed by atoms with E-state index in [2.05, 4.69) is 9.97 Å². The third-order valence-electron chi connectivity index (χ3n) is 5.90. The van der Waals surface area contributed by atoms with Crippen LogP contribution in [0.15, 0.2) is 84.0 Å². The van der Waals surface area contributed by atoms with Gasteiger partial charge in [0.05, 0.1) is 29.7 Å². The molecule has 37 heavy (non-hydrogen) atoms. The normalized spacial score (nSPS) is 10.9. The van der Waals surface area contributed by atoms with Crippen molar-refractivity contribution in [2.45, 2.75) is 12.8 Å². The van der Waals surface area contributed by atoms with E-state index in [9.17, 15) is 14.7 Å². The second-order valence-corrected chi connectivity index (χ2v) is 8.30. The number of nitrogens with zero attached hydrogens (tertiary/aromatic N) is 3. The summed E-state index contributed by atoms with van der Waals surface area (Å²) in [5, 5.41) is 19.4. The highest BCUT2D eigenvalue weighted by molar-refractivity contribution is 5.89. The van der Waals surface area contributed by atoms with Gasteiger partial charge in [-0.1, -0.05) is 36.4 Å². The Morgan fingerprint density at radius 3 is 2.41 bits per heavy atom. The van der Waals surface area contributed by atoms with Crippen molar-refractivity contribution in [3.8, 4) is 39.7 Å². The number of aromatic amines is 1. The van der Waals surface area contributed by atoms with Crippen molar-refractivity contribution in [2.75, 3.05) is 6.61 Å². The summed E-state index contributed by atoms with van der Waals surface area (Å²) in [6.07, 6.45) is 5.17. The topological polar surface area (TPSA) is 142 Å². The molecule has 0 radical (unpaired) electrons. The van der Waals surface area contributed by atoms with Gasteiger partial charge in [0.2, 0.25) is 11.8 Å². The van der Waals surface area contributed by atoms with Crippen molar-refractivity contribution >= 4 is 16.8 Å². The van der Waals surface area contributed by atoms with Gasteiger partial charge >= 0.3 is 5.69 Å². The van der Waals surface area contributed by atoms with Gasteiger partial charge < -0.3 is 14.8 Å². The second kappa shape index (κ2) is 10.3. The molecule has 10 nitrogen and oxygen atoms in total. The molecule has 0 atom stereocenters. The van der Waals surface area contributed by atoms with Crippen LogP contribution in [0.25, 0.3) is 39.0 Å². The molecular formula is C27H23N5O5. The Hall–Kier alpha value is -4.96. The van der Waals surface area contributed by atoms with Crippen LogP contribution >= 0.6 is 0 Å². The summed E-state index contributed by atoms with van der Waals surface area (Å²) < 4.78 is 6.83. The summed E-state index contributed by atoms with van der Waals surface area (Å²) in [6.45, 7) is 0.366. The maximum absolute atomic E-state index is 12.3. The van der Waals surface area contributed by atoms with Gasteiger partial charge in [0.25, 0.3) is 0 Å². The highest BCUT2D eigenvalue weighted by Crippen LogP contribution is 2.30. The monoisotopic (exact) mass is 497 g/mol. The quantitative estimate of drug-likeness (QED) is 0.145. The largest absolute Gasteiger partial charge is 0.494 e. The number of nitrogens with one attached hydrogen (secondary N) is 2. The number of pyridine rings is 2. The lowest BCUT2D eigenvalue weighted by atomic mass is 10.0. The number of H-pyrrole nitrogens is 1. The first kappa shape index (κ1) is 23.8. The van der Waals surface area contributed by atoms with Crippen LogP contribution in [0.1, 0.15) is 12.8 Å². The molecular weight excluding hydrogens is 474 g/mol. The van der Waals surface area contributed by atoms with E-state index in [0.717, 1.165) is 16.7 Å². The van der Waals surface area contributed by atoms with Crippen molar-refractivity contribution < 1.29 is 19.8 Å². The fraction of sp³-hybridized carbons (Fsp3) is 0.111. The smallest absolute Gasteiger partial charge is 0.333 e. The summed E-state index contributed by atoms with van der Waals surface area (Å²) in [5.74, 6) is 0.0483. The zero-order chi connectivity index (χ0) is 25.8. The van der Waals surface area contributed by atoms with Gasteiger partial charge in [-0.3, -0.25) is 15.0 Å². The van der Waals surface area contributed by atoms with Gasteiger partial charge in [0.1, 0.15) is 5.75 Å². The maximum Gasteiger partial charge on any atom is 0.333 e. The number of hydrogen-bond acceptors (Lipinski definition) is 7. The van der Waals surface area contributed by atoms with Gasteiger partial charge in [-0.25, -0.2) is 19.8 Å². The predicted molar refractivity (Wildman–Crippen MR) is 137 cm³/mol. The molecule has 5 rings (SSSR count). The summed E-state index contributed by atoms with van der Waals surface area (Å²) >= 11 is 0. The average molecular weight is 498 g/mol.